The topological polar surface area (TPSA) is 113 Å². The fourth-order valence-corrected chi connectivity index (χ4v) is 1.73. The standard InChI is InChI=1S/C12H14N6O/c1-7(2)3-9-4-10(17-16-9)12(19)18-11(14)8(5-13)6-15-18/h4,6-7H,3,14H2,1-2H3,(H,16,17). The van der Waals surface area contributed by atoms with Gasteiger partial charge in [-0.1, -0.05) is 13.8 Å². The minimum Gasteiger partial charge on any atom is -0.382 e. The van der Waals surface area contributed by atoms with Crippen molar-refractivity contribution in [3.8, 4) is 6.07 Å². The van der Waals surface area contributed by atoms with Crippen LogP contribution in [0.4, 0.5) is 5.82 Å². The molecular formula is C12H14N6O. The highest BCUT2D eigenvalue weighted by Crippen LogP contribution is 2.13. The van der Waals surface area contributed by atoms with E-state index in [1.807, 2.05) is 6.07 Å². The van der Waals surface area contributed by atoms with Gasteiger partial charge in [0.15, 0.2) is 5.69 Å². The van der Waals surface area contributed by atoms with Crippen molar-refractivity contribution in [2.24, 2.45) is 5.92 Å². The second kappa shape index (κ2) is 4.94. The van der Waals surface area contributed by atoms with Crippen LogP contribution in [-0.4, -0.2) is 25.9 Å². The van der Waals surface area contributed by atoms with E-state index in [2.05, 4.69) is 29.1 Å². The van der Waals surface area contributed by atoms with E-state index in [9.17, 15) is 4.79 Å². The van der Waals surface area contributed by atoms with Gasteiger partial charge in [-0.3, -0.25) is 9.89 Å². The van der Waals surface area contributed by atoms with E-state index in [0.29, 0.717) is 5.92 Å². The maximum atomic E-state index is 12.1. The molecule has 0 aromatic carbocycles. The number of nitriles is 1. The van der Waals surface area contributed by atoms with Crippen molar-refractivity contribution < 1.29 is 4.79 Å². The average Bonchev–Trinajstić information content (AvgIpc) is 2.94. The number of hydrogen-bond acceptors (Lipinski definition) is 5. The summed E-state index contributed by atoms with van der Waals surface area (Å²) in [6.07, 6.45) is 2.06. The lowest BCUT2D eigenvalue weighted by Gasteiger charge is -1.99. The first kappa shape index (κ1) is 12.8. The second-order valence-corrected chi connectivity index (χ2v) is 4.65. The summed E-state index contributed by atoms with van der Waals surface area (Å²) < 4.78 is 0.980. The van der Waals surface area contributed by atoms with Crippen LogP contribution in [0.25, 0.3) is 0 Å². The number of anilines is 1. The number of nitrogens with zero attached hydrogens (tertiary/aromatic N) is 4. The number of aromatic nitrogens is 4. The van der Waals surface area contributed by atoms with Gasteiger partial charge in [-0.25, -0.2) is 0 Å². The molecule has 3 N–H and O–H groups in total. The Hall–Kier alpha value is -2.62. The normalized spacial score (nSPS) is 10.6. The molecule has 0 amide bonds. The minimum atomic E-state index is -0.453. The third-order valence-electron chi connectivity index (χ3n) is 2.60. The summed E-state index contributed by atoms with van der Waals surface area (Å²) in [6.45, 7) is 4.15. The number of hydrogen-bond donors (Lipinski definition) is 2. The highest BCUT2D eigenvalue weighted by atomic mass is 16.2. The molecule has 0 aliphatic carbocycles. The molecule has 0 fully saturated rings. The Labute approximate surface area is 110 Å². The van der Waals surface area contributed by atoms with Crippen molar-refractivity contribution in [1.82, 2.24) is 20.0 Å². The van der Waals surface area contributed by atoms with Gasteiger partial charge in [-0.15, -0.1) is 0 Å². The van der Waals surface area contributed by atoms with Gasteiger partial charge >= 0.3 is 5.91 Å². The van der Waals surface area contributed by atoms with Gasteiger partial charge in [0.05, 0.1) is 6.20 Å². The Morgan fingerprint density at radius 3 is 2.95 bits per heavy atom. The number of nitrogen functional groups attached to an aromatic ring is 1. The summed E-state index contributed by atoms with van der Waals surface area (Å²) in [6, 6.07) is 3.54. The summed E-state index contributed by atoms with van der Waals surface area (Å²) in [7, 11) is 0. The molecule has 2 aromatic rings. The summed E-state index contributed by atoms with van der Waals surface area (Å²) >= 11 is 0. The fraction of sp³-hybridized carbons (Fsp3) is 0.333. The maximum Gasteiger partial charge on any atom is 0.300 e. The lowest BCUT2D eigenvalue weighted by molar-refractivity contribution is 0.0943. The zero-order valence-corrected chi connectivity index (χ0v) is 10.7. The van der Waals surface area contributed by atoms with Crippen molar-refractivity contribution in [1.29, 1.82) is 5.26 Å². The van der Waals surface area contributed by atoms with Gasteiger partial charge in [0.1, 0.15) is 17.5 Å². The molecule has 19 heavy (non-hydrogen) atoms. The van der Waals surface area contributed by atoms with Crippen LogP contribution in [0.2, 0.25) is 0 Å². The molecule has 7 heteroatoms. The molecule has 2 rings (SSSR count). The molecule has 2 heterocycles. The van der Waals surface area contributed by atoms with Crippen LogP contribution in [0.15, 0.2) is 12.3 Å². The van der Waals surface area contributed by atoms with Crippen LogP contribution < -0.4 is 5.73 Å². The quantitative estimate of drug-likeness (QED) is 0.850. The number of H-pyrrole nitrogens is 1. The molecule has 0 saturated heterocycles. The molecule has 0 bridgehead atoms. The van der Waals surface area contributed by atoms with E-state index in [0.717, 1.165) is 16.8 Å². The van der Waals surface area contributed by atoms with Gasteiger partial charge in [0.2, 0.25) is 0 Å². The van der Waals surface area contributed by atoms with E-state index in [1.54, 1.807) is 6.07 Å². The minimum absolute atomic E-state index is 0.0286. The van der Waals surface area contributed by atoms with E-state index in [-0.39, 0.29) is 17.1 Å². The molecule has 0 aliphatic heterocycles. The van der Waals surface area contributed by atoms with E-state index < -0.39 is 5.91 Å². The highest BCUT2D eigenvalue weighted by molar-refractivity contribution is 5.95. The Bertz CT molecular complexity index is 645. The lowest BCUT2D eigenvalue weighted by atomic mass is 10.1. The van der Waals surface area contributed by atoms with Crippen molar-refractivity contribution >= 4 is 11.7 Å². The van der Waals surface area contributed by atoms with Crippen molar-refractivity contribution in [3.05, 3.63) is 29.2 Å². The van der Waals surface area contributed by atoms with Crippen LogP contribution >= 0.6 is 0 Å². The van der Waals surface area contributed by atoms with Crippen molar-refractivity contribution in [3.63, 3.8) is 0 Å². The summed E-state index contributed by atoms with van der Waals surface area (Å²) in [5.41, 5.74) is 6.94. The molecule has 0 aliphatic rings. The average molecular weight is 258 g/mol. The van der Waals surface area contributed by atoms with Crippen LogP contribution in [0, 0.1) is 17.2 Å². The number of aromatic amines is 1. The Balaban J connectivity index is 2.27. The summed E-state index contributed by atoms with van der Waals surface area (Å²) in [4.78, 5) is 12.1. The largest absolute Gasteiger partial charge is 0.382 e. The number of carbonyl (C=O) groups excluding carboxylic acids is 1. The Kier molecular flexibility index (Phi) is 3.33. The van der Waals surface area contributed by atoms with Crippen LogP contribution in [0.1, 0.15) is 35.6 Å². The predicted molar refractivity (Wildman–Crippen MR) is 68.2 cm³/mol. The Morgan fingerprint density at radius 2 is 2.37 bits per heavy atom. The number of nitrogens with one attached hydrogen (secondary N) is 1. The molecule has 0 radical (unpaired) electrons. The third kappa shape index (κ3) is 2.47. The monoisotopic (exact) mass is 258 g/mol. The lowest BCUT2D eigenvalue weighted by Crippen LogP contribution is -2.16. The predicted octanol–water partition coefficient (Wildman–Crippen LogP) is 0.947. The first-order chi connectivity index (χ1) is 9.02. The SMILES string of the molecule is CC(C)Cc1cc(C(=O)n2ncc(C#N)c2N)n[nH]1. The van der Waals surface area contributed by atoms with Crippen molar-refractivity contribution in [2.75, 3.05) is 5.73 Å². The molecule has 0 unspecified atom stereocenters. The Morgan fingerprint density at radius 1 is 1.63 bits per heavy atom. The number of rotatable bonds is 3. The third-order valence-corrected chi connectivity index (χ3v) is 2.60. The molecule has 0 saturated carbocycles. The van der Waals surface area contributed by atoms with E-state index in [1.165, 1.54) is 6.20 Å². The smallest absolute Gasteiger partial charge is 0.300 e. The van der Waals surface area contributed by atoms with Gasteiger partial charge < -0.3 is 5.73 Å². The highest BCUT2D eigenvalue weighted by Gasteiger charge is 2.18. The number of carbonyl (C=O) groups is 1. The summed E-state index contributed by atoms with van der Waals surface area (Å²) in [5, 5.41) is 19.3. The zero-order valence-electron chi connectivity index (χ0n) is 10.7. The molecule has 2 aromatic heterocycles. The molecular weight excluding hydrogens is 244 g/mol. The van der Waals surface area contributed by atoms with Crippen LogP contribution in [0.5, 0.6) is 0 Å². The van der Waals surface area contributed by atoms with Crippen LogP contribution in [-0.2, 0) is 6.42 Å². The first-order valence-electron chi connectivity index (χ1n) is 5.85. The van der Waals surface area contributed by atoms with E-state index in [4.69, 9.17) is 11.0 Å². The van der Waals surface area contributed by atoms with Crippen molar-refractivity contribution in [2.45, 2.75) is 20.3 Å². The molecule has 98 valence electrons. The molecule has 0 spiro atoms. The molecule has 7 nitrogen and oxygen atoms in total. The first-order valence-corrected chi connectivity index (χ1v) is 5.85. The summed E-state index contributed by atoms with van der Waals surface area (Å²) in [5.74, 6) is 0.0366. The maximum absolute atomic E-state index is 12.1. The zero-order chi connectivity index (χ0) is 14.0. The van der Waals surface area contributed by atoms with Gasteiger partial charge in [-0.2, -0.15) is 20.1 Å². The number of nitrogens with two attached hydrogens (primary N) is 1. The van der Waals surface area contributed by atoms with E-state index >= 15 is 0 Å². The fourth-order valence-electron chi connectivity index (χ4n) is 1.73. The van der Waals surface area contributed by atoms with Gasteiger partial charge in [-0.05, 0) is 18.4 Å². The van der Waals surface area contributed by atoms with Gasteiger partial charge in [0.25, 0.3) is 0 Å². The van der Waals surface area contributed by atoms with Gasteiger partial charge in [0, 0.05) is 5.69 Å². The second-order valence-electron chi connectivity index (χ2n) is 4.65. The van der Waals surface area contributed by atoms with Crippen LogP contribution in [0.3, 0.4) is 0 Å². The molecule has 0 atom stereocenters.